The van der Waals surface area contributed by atoms with Crippen molar-refractivity contribution in [1.82, 2.24) is 10.3 Å². The number of nitrogens with one attached hydrogen (secondary N) is 1. The Hall–Kier alpha value is -4.38. The maximum Gasteiger partial charge on any atom is 0.408 e. The van der Waals surface area contributed by atoms with Crippen LogP contribution in [-0.2, 0) is 15.1 Å². The van der Waals surface area contributed by atoms with E-state index in [1.807, 2.05) is 81.4 Å². The van der Waals surface area contributed by atoms with E-state index in [2.05, 4.69) is 11.4 Å². The van der Waals surface area contributed by atoms with E-state index in [4.69, 9.17) is 19.7 Å². The molecule has 0 saturated heterocycles. The molecule has 1 aliphatic heterocycles. The summed E-state index contributed by atoms with van der Waals surface area (Å²) in [6.07, 6.45) is 4.24. The van der Waals surface area contributed by atoms with Crippen molar-refractivity contribution < 1.29 is 19.1 Å². The molecule has 2 amide bonds. The van der Waals surface area contributed by atoms with E-state index < -0.39 is 17.2 Å². The fraction of sp³-hybridized carbons (Fsp3) is 0.394. The number of carbonyl (C=O) groups excluding carboxylic acids is 2. The Labute approximate surface area is 241 Å². The second-order valence-electron chi connectivity index (χ2n) is 11.7. The lowest BCUT2D eigenvalue weighted by Gasteiger charge is -2.43. The van der Waals surface area contributed by atoms with E-state index in [-0.39, 0.29) is 12.5 Å². The van der Waals surface area contributed by atoms with Crippen molar-refractivity contribution >= 4 is 17.7 Å². The first-order chi connectivity index (χ1) is 19.7. The molecule has 1 fully saturated rings. The summed E-state index contributed by atoms with van der Waals surface area (Å²) in [5.74, 6) is 0.307. The maximum absolute atomic E-state index is 12.8. The van der Waals surface area contributed by atoms with Gasteiger partial charge in [0.2, 0.25) is 5.88 Å². The average Bonchev–Trinajstić information content (AvgIpc) is 2.93. The number of unbranched alkanes of at least 4 members (excludes halogenated alkanes) is 2. The number of ether oxygens (including phenoxy) is 2. The zero-order valence-corrected chi connectivity index (χ0v) is 23.9. The van der Waals surface area contributed by atoms with Crippen LogP contribution in [0.15, 0.2) is 60.7 Å². The number of anilines is 1. The quantitative estimate of drug-likeness (QED) is 0.310. The molecule has 41 heavy (non-hydrogen) atoms. The predicted octanol–water partition coefficient (Wildman–Crippen LogP) is 6.74. The van der Waals surface area contributed by atoms with E-state index in [1.165, 1.54) is 0 Å². The molecule has 0 unspecified atom stereocenters. The molecule has 0 bridgehead atoms. The summed E-state index contributed by atoms with van der Waals surface area (Å²) in [6, 6.07) is 22.3. The van der Waals surface area contributed by atoms with Gasteiger partial charge in [0.1, 0.15) is 11.3 Å². The Morgan fingerprint density at radius 1 is 1.10 bits per heavy atom. The Bertz CT molecular complexity index is 1450. The van der Waals surface area contributed by atoms with Gasteiger partial charge in [-0.3, -0.25) is 4.79 Å². The molecule has 5 rings (SSSR count). The molecule has 2 aliphatic rings. The zero-order chi connectivity index (χ0) is 29.0. The molecule has 1 N–H and O–H groups in total. The van der Waals surface area contributed by atoms with Crippen molar-refractivity contribution in [3.05, 3.63) is 66.2 Å². The van der Waals surface area contributed by atoms with Crippen LogP contribution < -0.4 is 15.0 Å². The van der Waals surface area contributed by atoms with Crippen LogP contribution in [0.4, 0.5) is 10.5 Å². The monoisotopic (exact) mass is 552 g/mol. The Kier molecular flexibility index (Phi) is 7.98. The van der Waals surface area contributed by atoms with Gasteiger partial charge in [0.15, 0.2) is 6.61 Å². The molecular weight excluding hydrogens is 516 g/mol. The highest BCUT2D eigenvalue weighted by Gasteiger charge is 2.41. The Morgan fingerprint density at radius 2 is 1.83 bits per heavy atom. The van der Waals surface area contributed by atoms with Crippen LogP contribution in [0.1, 0.15) is 64.9 Å². The van der Waals surface area contributed by atoms with Crippen LogP contribution in [0.25, 0.3) is 22.4 Å². The first kappa shape index (κ1) is 28.2. The number of aromatic nitrogens is 1. The van der Waals surface area contributed by atoms with Gasteiger partial charge in [0.25, 0.3) is 5.91 Å². The van der Waals surface area contributed by atoms with Gasteiger partial charge in [0.05, 0.1) is 17.3 Å². The van der Waals surface area contributed by atoms with Gasteiger partial charge >= 0.3 is 6.09 Å². The largest absolute Gasteiger partial charge is 0.466 e. The molecule has 1 aromatic heterocycles. The van der Waals surface area contributed by atoms with Gasteiger partial charge in [-0.25, -0.2) is 9.78 Å². The normalized spacial score (nSPS) is 15.7. The highest BCUT2D eigenvalue weighted by atomic mass is 16.6. The fourth-order valence-corrected chi connectivity index (χ4v) is 5.37. The van der Waals surface area contributed by atoms with Gasteiger partial charge in [-0.1, -0.05) is 54.6 Å². The number of hydrogen-bond donors (Lipinski definition) is 1. The minimum absolute atomic E-state index is 0.0693. The van der Waals surface area contributed by atoms with Crippen LogP contribution in [-0.4, -0.2) is 35.7 Å². The molecule has 0 radical (unpaired) electrons. The molecular formula is C33H36N4O4. The number of pyridine rings is 1. The first-order valence-corrected chi connectivity index (χ1v) is 14.2. The van der Waals surface area contributed by atoms with E-state index in [0.717, 1.165) is 60.1 Å². The summed E-state index contributed by atoms with van der Waals surface area (Å²) in [4.78, 5) is 32.1. The van der Waals surface area contributed by atoms with Crippen molar-refractivity contribution in [2.24, 2.45) is 0 Å². The molecule has 0 spiro atoms. The van der Waals surface area contributed by atoms with E-state index in [0.29, 0.717) is 24.5 Å². The van der Waals surface area contributed by atoms with E-state index in [9.17, 15) is 9.59 Å². The molecule has 2 aromatic carbocycles. The predicted molar refractivity (Wildman–Crippen MR) is 157 cm³/mol. The lowest BCUT2D eigenvalue weighted by atomic mass is 9.71. The van der Waals surface area contributed by atoms with Gasteiger partial charge in [0, 0.05) is 24.1 Å². The number of nitrogens with zero attached hydrogens (tertiary/aromatic N) is 3. The maximum atomic E-state index is 12.8. The number of benzene rings is 2. The van der Waals surface area contributed by atoms with Gasteiger partial charge < -0.3 is 19.7 Å². The van der Waals surface area contributed by atoms with Gasteiger partial charge in [-0.2, -0.15) is 5.26 Å². The Morgan fingerprint density at radius 3 is 2.46 bits per heavy atom. The zero-order valence-electron chi connectivity index (χ0n) is 23.9. The van der Waals surface area contributed by atoms with Gasteiger partial charge in [-0.15, -0.1) is 0 Å². The first-order valence-electron chi connectivity index (χ1n) is 14.2. The smallest absolute Gasteiger partial charge is 0.408 e. The molecule has 0 atom stereocenters. The molecule has 1 aliphatic carbocycles. The summed E-state index contributed by atoms with van der Waals surface area (Å²) < 4.78 is 11.4. The average molecular weight is 553 g/mol. The van der Waals surface area contributed by atoms with Crippen LogP contribution in [0.5, 0.6) is 5.88 Å². The number of amides is 2. The second kappa shape index (κ2) is 11.6. The molecule has 212 valence electrons. The molecule has 8 heteroatoms. The lowest BCUT2D eigenvalue weighted by molar-refractivity contribution is -0.121. The topological polar surface area (TPSA) is 105 Å². The second-order valence-corrected chi connectivity index (χ2v) is 11.7. The minimum Gasteiger partial charge on any atom is -0.466 e. The summed E-state index contributed by atoms with van der Waals surface area (Å²) in [5, 5.41) is 12.0. The third-order valence-electron chi connectivity index (χ3n) is 7.56. The number of alkyl carbamates (subject to hydrolysis) is 1. The van der Waals surface area contributed by atoms with Crippen molar-refractivity contribution in [1.29, 1.82) is 5.26 Å². The van der Waals surface area contributed by atoms with Crippen LogP contribution in [0, 0.1) is 11.3 Å². The molecule has 3 aromatic rings. The van der Waals surface area contributed by atoms with Crippen LogP contribution in [0.2, 0.25) is 0 Å². The number of hydrogen-bond acceptors (Lipinski definition) is 6. The fourth-order valence-electron chi connectivity index (χ4n) is 5.37. The van der Waals surface area contributed by atoms with Crippen LogP contribution >= 0.6 is 0 Å². The Balaban J connectivity index is 1.49. The highest BCUT2D eigenvalue weighted by Crippen LogP contribution is 2.44. The highest BCUT2D eigenvalue weighted by molar-refractivity contribution is 5.99. The third-order valence-corrected chi connectivity index (χ3v) is 7.56. The van der Waals surface area contributed by atoms with Gasteiger partial charge in [-0.05, 0) is 70.1 Å². The third kappa shape index (κ3) is 6.19. The van der Waals surface area contributed by atoms with Crippen molar-refractivity contribution in [2.45, 2.75) is 70.4 Å². The number of rotatable bonds is 8. The summed E-state index contributed by atoms with van der Waals surface area (Å²) in [7, 11) is 0. The summed E-state index contributed by atoms with van der Waals surface area (Å²) in [5.41, 5.74) is 4.20. The number of fused-ring (bicyclic) bond motifs is 1. The van der Waals surface area contributed by atoms with E-state index >= 15 is 0 Å². The van der Waals surface area contributed by atoms with Crippen molar-refractivity contribution in [3.8, 4) is 34.3 Å². The summed E-state index contributed by atoms with van der Waals surface area (Å²) >= 11 is 0. The van der Waals surface area contributed by atoms with Crippen LogP contribution in [0.3, 0.4) is 0 Å². The van der Waals surface area contributed by atoms with Crippen molar-refractivity contribution in [2.75, 3.05) is 18.1 Å². The minimum atomic E-state index is -0.566. The van der Waals surface area contributed by atoms with Crippen molar-refractivity contribution in [3.63, 3.8) is 0 Å². The molecule has 1 saturated carbocycles. The standard InChI is InChI=1S/C33H36N4O4/c1-32(2,3)41-31(39)36-33(17-10-18-33)25-15-13-24(14-16-25)29-26(23-11-6-4-7-12-23)21-27-30(35-29)40-22-28(38)37(27)20-9-5-8-19-34/h4,6-7,11-16,21H,5,8-10,17-18,20,22H2,1-3H3,(H,36,39). The van der Waals surface area contributed by atoms with E-state index in [1.54, 1.807) is 4.90 Å². The summed E-state index contributed by atoms with van der Waals surface area (Å²) in [6.45, 7) is 6.02. The molecule has 2 heterocycles. The lowest BCUT2D eigenvalue weighted by Crippen LogP contribution is -2.52. The number of nitriles is 1. The number of carbonyl (C=O) groups is 2. The SMILES string of the molecule is CC(C)(C)OC(=O)NC1(c2ccc(-c3nc4c(cc3-c3ccccc3)N(CCCCC#N)C(=O)CO4)cc2)CCC1. The molecule has 8 nitrogen and oxygen atoms in total.